The minimum Gasteiger partial charge on any atom is -0.469 e. The third-order valence-corrected chi connectivity index (χ3v) is 2.83. The summed E-state index contributed by atoms with van der Waals surface area (Å²) in [7, 11) is 0. The molecule has 4 heteroatoms. The van der Waals surface area contributed by atoms with Crippen LogP contribution in [0.2, 0.25) is 0 Å². The lowest BCUT2D eigenvalue weighted by molar-refractivity contribution is 0.478. The first kappa shape index (κ1) is 12.8. The van der Waals surface area contributed by atoms with Gasteiger partial charge >= 0.3 is 0 Å². The summed E-state index contributed by atoms with van der Waals surface area (Å²) in [4.78, 5) is 0. The third-order valence-electron chi connectivity index (χ3n) is 2.83. The molecule has 18 heavy (non-hydrogen) atoms. The monoisotopic (exact) mass is 251 g/mol. The Morgan fingerprint density at radius 3 is 2.78 bits per heavy atom. The van der Waals surface area contributed by atoms with Crippen LogP contribution in [0.5, 0.6) is 0 Å². The first-order valence-electron chi connectivity index (χ1n) is 5.87. The van der Waals surface area contributed by atoms with Gasteiger partial charge in [-0.1, -0.05) is 6.07 Å². The fraction of sp³-hybridized carbons (Fsp3) is 0.286. The molecule has 0 aliphatic rings. The zero-order chi connectivity index (χ0) is 13.0. The van der Waals surface area contributed by atoms with E-state index >= 15 is 0 Å². The Morgan fingerprint density at radius 2 is 2.11 bits per heavy atom. The van der Waals surface area contributed by atoms with Crippen LogP contribution in [-0.2, 0) is 6.42 Å². The molecule has 0 bridgehead atoms. The zero-order valence-corrected chi connectivity index (χ0v) is 10.1. The van der Waals surface area contributed by atoms with Crippen molar-refractivity contribution in [2.75, 3.05) is 6.54 Å². The Labute approximate surface area is 105 Å². The maximum Gasteiger partial charge on any atom is 0.130 e. The predicted molar refractivity (Wildman–Crippen MR) is 65.2 cm³/mol. The van der Waals surface area contributed by atoms with Crippen LogP contribution in [0.4, 0.5) is 8.78 Å². The molecule has 1 N–H and O–H groups in total. The fourth-order valence-electron chi connectivity index (χ4n) is 1.83. The van der Waals surface area contributed by atoms with E-state index in [-0.39, 0.29) is 6.04 Å². The number of halogens is 2. The van der Waals surface area contributed by atoms with Gasteiger partial charge in [-0.25, -0.2) is 8.78 Å². The van der Waals surface area contributed by atoms with Crippen molar-refractivity contribution < 1.29 is 13.2 Å². The van der Waals surface area contributed by atoms with Gasteiger partial charge in [-0.15, -0.1) is 0 Å². The van der Waals surface area contributed by atoms with Crippen LogP contribution < -0.4 is 5.32 Å². The van der Waals surface area contributed by atoms with E-state index < -0.39 is 11.6 Å². The van der Waals surface area contributed by atoms with Gasteiger partial charge in [-0.3, -0.25) is 0 Å². The highest BCUT2D eigenvalue weighted by Gasteiger charge is 2.11. The molecular formula is C14H15F2NO. The van der Waals surface area contributed by atoms with Crippen LogP contribution in [-0.4, -0.2) is 6.54 Å². The van der Waals surface area contributed by atoms with Gasteiger partial charge < -0.3 is 9.73 Å². The SMILES string of the molecule is CC(NCCc1ccco1)c1ccc(F)cc1F. The highest BCUT2D eigenvalue weighted by Crippen LogP contribution is 2.17. The van der Waals surface area contributed by atoms with Crippen LogP contribution in [0.3, 0.4) is 0 Å². The Kier molecular flexibility index (Phi) is 4.10. The van der Waals surface area contributed by atoms with Crippen molar-refractivity contribution in [3.63, 3.8) is 0 Å². The molecule has 1 heterocycles. The Bertz CT molecular complexity index is 497. The van der Waals surface area contributed by atoms with Crippen molar-refractivity contribution in [2.24, 2.45) is 0 Å². The Morgan fingerprint density at radius 1 is 1.28 bits per heavy atom. The Hall–Kier alpha value is -1.68. The molecule has 2 aromatic rings. The van der Waals surface area contributed by atoms with Crippen LogP contribution in [0.15, 0.2) is 41.0 Å². The first-order chi connectivity index (χ1) is 8.66. The molecule has 1 atom stereocenters. The summed E-state index contributed by atoms with van der Waals surface area (Å²) in [5, 5.41) is 3.18. The smallest absolute Gasteiger partial charge is 0.130 e. The van der Waals surface area contributed by atoms with E-state index in [9.17, 15) is 8.78 Å². The lowest BCUT2D eigenvalue weighted by atomic mass is 10.1. The quantitative estimate of drug-likeness (QED) is 0.880. The van der Waals surface area contributed by atoms with E-state index in [4.69, 9.17) is 4.42 Å². The van der Waals surface area contributed by atoms with E-state index in [0.29, 0.717) is 12.1 Å². The van der Waals surface area contributed by atoms with Gasteiger partial charge in [0.1, 0.15) is 17.4 Å². The molecule has 0 spiro atoms. The topological polar surface area (TPSA) is 25.2 Å². The second-order valence-corrected chi connectivity index (χ2v) is 4.17. The number of furan rings is 1. The molecule has 0 saturated carbocycles. The summed E-state index contributed by atoms with van der Waals surface area (Å²) in [6.07, 6.45) is 2.36. The molecule has 96 valence electrons. The van der Waals surface area contributed by atoms with Crippen molar-refractivity contribution in [2.45, 2.75) is 19.4 Å². The first-order valence-corrected chi connectivity index (χ1v) is 5.87. The Balaban J connectivity index is 1.89. The fourth-order valence-corrected chi connectivity index (χ4v) is 1.83. The highest BCUT2D eigenvalue weighted by molar-refractivity contribution is 5.21. The summed E-state index contributed by atoms with van der Waals surface area (Å²) in [5.74, 6) is -0.193. The van der Waals surface area contributed by atoms with Crippen LogP contribution >= 0.6 is 0 Å². The van der Waals surface area contributed by atoms with Crippen molar-refractivity contribution in [1.29, 1.82) is 0 Å². The maximum absolute atomic E-state index is 13.5. The van der Waals surface area contributed by atoms with Crippen LogP contribution in [0, 0.1) is 11.6 Å². The van der Waals surface area contributed by atoms with Gasteiger partial charge in [0, 0.05) is 30.6 Å². The van der Waals surface area contributed by atoms with Crippen molar-refractivity contribution in [1.82, 2.24) is 5.32 Å². The standard InChI is InChI=1S/C14H15F2NO/c1-10(13-5-4-11(15)9-14(13)16)17-7-6-12-3-2-8-18-12/h2-5,8-10,17H,6-7H2,1H3. The molecule has 2 nitrogen and oxygen atoms in total. The maximum atomic E-state index is 13.5. The lowest BCUT2D eigenvalue weighted by Crippen LogP contribution is -2.22. The largest absolute Gasteiger partial charge is 0.469 e. The second kappa shape index (κ2) is 5.78. The van der Waals surface area contributed by atoms with E-state index in [1.165, 1.54) is 12.1 Å². The van der Waals surface area contributed by atoms with Crippen molar-refractivity contribution >= 4 is 0 Å². The van der Waals surface area contributed by atoms with Crippen LogP contribution in [0.25, 0.3) is 0 Å². The second-order valence-electron chi connectivity index (χ2n) is 4.17. The van der Waals surface area contributed by atoms with E-state index in [1.54, 1.807) is 6.26 Å². The number of nitrogens with one attached hydrogen (secondary N) is 1. The summed E-state index contributed by atoms with van der Waals surface area (Å²) in [6, 6.07) is 7.20. The molecule has 0 aliphatic carbocycles. The number of benzene rings is 1. The molecule has 1 unspecified atom stereocenters. The molecule has 0 fully saturated rings. The summed E-state index contributed by atoms with van der Waals surface area (Å²) in [6.45, 7) is 2.52. The zero-order valence-electron chi connectivity index (χ0n) is 10.1. The van der Waals surface area contributed by atoms with Crippen LogP contribution in [0.1, 0.15) is 24.3 Å². The van der Waals surface area contributed by atoms with Crippen molar-refractivity contribution in [3.8, 4) is 0 Å². The van der Waals surface area contributed by atoms with Gasteiger partial charge in [0.15, 0.2) is 0 Å². The highest BCUT2D eigenvalue weighted by atomic mass is 19.1. The minimum absolute atomic E-state index is 0.166. The number of hydrogen-bond acceptors (Lipinski definition) is 2. The third kappa shape index (κ3) is 3.17. The predicted octanol–water partition coefficient (Wildman–Crippen LogP) is 3.45. The summed E-state index contributed by atoms with van der Waals surface area (Å²) < 4.78 is 31.5. The van der Waals surface area contributed by atoms with Gasteiger partial charge in [-0.2, -0.15) is 0 Å². The average molecular weight is 251 g/mol. The average Bonchev–Trinajstić information content (AvgIpc) is 2.81. The number of hydrogen-bond donors (Lipinski definition) is 1. The molecular weight excluding hydrogens is 236 g/mol. The molecule has 0 amide bonds. The van der Waals surface area contributed by atoms with Gasteiger partial charge in [0.2, 0.25) is 0 Å². The minimum atomic E-state index is -0.556. The van der Waals surface area contributed by atoms with Gasteiger partial charge in [0.05, 0.1) is 6.26 Å². The summed E-state index contributed by atoms with van der Waals surface area (Å²) in [5.41, 5.74) is 0.468. The molecule has 0 saturated heterocycles. The number of rotatable bonds is 5. The van der Waals surface area contributed by atoms with Gasteiger partial charge in [0.25, 0.3) is 0 Å². The molecule has 0 radical (unpaired) electrons. The lowest BCUT2D eigenvalue weighted by Gasteiger charge is -2.14. The van der Waals surface area contributed by atoms with Crippen molar-refractivity contribution in [3.05, 3.63) is 59.6 Å². The normalized spacial score (nSPS) is 12.6. The van der Waals surface area contributed by atoms with E-state index in [0.717, 1.165) is 18.2 Å². The molecule has 2 rings (SSSR count). The van der Waals surface area contributed by atoms with Gasteiger partial charge in [-0.05, 0) is 25.1 Å². The van der Waals surface area contributed by atoms with E-state index in [2.05, 4.69) is 5.32 Å². The summed E-state index contributed by atoms with van der Waals surface area (Å²) >= 11 is 0. The molecule has 1 aromatic carbocycles. The molecule has 0 aliphatic heterocycles. The van der Waals surface area contributed by atoms with E-state index in [1.807, 2.05) is 19.1 Å². The molecule has 1 aromatic heterocycles.